The Bertz CT molecular complexity index is 562. The molecule has 3 heteroatoms. The highest BCUT2D eigenvalue weighted by Crippen LogP contribution is 2.27. The Hall–Kier alpha value is -1.67. The first-order valence-electron chi connectivity index (χ1n) is 6.88. The van der Waals surface area contributed by atoms with E-state index in [1.165, 1.54) is 11.1 Å². The van der Waals surface area contributed by atoms with Gasteiger partial charge in [-0.2, -0.15) is 0 Å². The lowest BCUT2D eigenvalue weighted by Gasteiger charge is -2.15. The molecule has 2 nitrogen and oxygen atoms in total. The first-order chi connectivity index (χ1) is 9.60. The maximum Gasteiger partial charge on any atom is 0.0659 e. The largest absolute Gasteiger partial charge is 0.381 e. The van der Waals surface area contributed by atoms with Crippen LogP contribution in [0, 0.1) is 0 Å². The topological polar surface area (TPSA) is 15.3 Å². The van der Waals surface area contributed by atoms with E-state index < -0.39 is 0 Å². The quantitative estimate of drug-likeness (QED) is 0.866. The summed E-state index contributed by atoms with van der Waals surface area (Å²) in [7, 11) is 3.98. The summed E-state index contributed by atoms with van der Waals surface area (Å²) in [6, 6.07) is 14.8. The summed E-state index contributed by atoms with van der Waals surface area (Å²) >= 11 is 6.26. The van der Waals surface area contributed by atoms with Crippen molar-refractivity contribution < 1.29 is 0 Å². The summed E-state index contributed by atoms with van der Waals surface area (Å²) < 4.78 is 0. The zero-order chi connectivity index (χ0) is 14.5. The number of rotatable bonds is 5. The van der Waals surface area contributed by atoms with E-state index in [-0.39, 0.29) is 0 Å². The highest BCUT2D eigenvalue weighted by atomic mass is 35.5. The second kappa shape index (κ2) is 6.67. The van der Waals surface area contributed by atoms with Crippen molar-refractivity contribution in [2.75, 3.05) is 24.3 Å². The molecule has 0 aliphatic heterocycles. The van der Waals surface area contributed by atoms with Crippen LogP contribution in [0.2, 0.25) is 5.02 Å². The Morgan fingerprint density at radius 2 is 1.65 bits per heavy atom. The number of hydrogen-bond donors (Lipinski definition) is 1. The summed E-state index contributed by atoms with van der Waals surface area (Å²) in [6.07, 6.45) is 1.08. The average Bonchev–Trinajstić information content (AvgIpc) is 2.45. The van der Waals surface area contributed by atoms with Crippen LogP contribution >= 0.6 is 11.6 Å². The summed E-state index contributed by atoms with van der Waals surface area (Å²) in [4.78, 5) is 2.01. The normalized spacial score (nSPS) is 10.4. The number of hydrogen-bond acceptors (Lipinski definition) is 2. The van der Waals surface area contributed by atoms with Crippen LogP contribution in [0.25, 0.3) is 0 Å². The molecule has 0 amide bonds. The van der Waals surface area contributed by atoms with Gasteiger partial charge >= 0.3 is 0 Å². The molecule has 0 atom stereocenters. The summed E-state index contributed by atoms with van der Waals surface area (Å²) in [6.45, 7) is 2.98. The fourth-order valence-corrected chi connectivity index (χ4v) is 2.43. The summed E-state index contributed by atoms with van der Waals surface area (Å²) in [5, 5.41) is 4.17. The Labute approximate surface area is 126 Å². The standard InChI is InChI=1S/C17H21ClN2/c1-4-13-5-7-14(8-6-13)12-19-15-9-10-17(20(2)3)16(18)11-15/h5-11,19H,4,12H2,1-3H3. The Morgan fingerprint density at radius 1 is 1.00 bits per heavy atom. The molecular formula is C17H21ClN2. The van der Waals surface area contributed by atoms with E-state index in [4.69, 9.17) is 11.6 Å². The maximum absolute atomic E-state index is 6.26. The molecule has 106 valence electrons. The zero-order valence-electron chi connectivity index (χ0n) is 12.3. The molecule has 0 spiro atoms. The van der Waals surface area contributed by atoms with Crippen molar-refractivity contribution in [3.63, 3.8) is 0 Å². The lowest BCUT2D eigenvalue weighted by atomic mass is 10.1. The van der Waals surface area contributed by atoms with E-state index in [0.717, 1.165) is 29.4 Å². The van der Waals surface area contributed by atoms with Gasteiger partial charge in [0.25, 0.3) is 0 Å². The van der Waals surface area contributed by atoms with Crippen molar-refractivity contribution in [1.29, 1.82) is 0 Å². The first kappa shape index (κ1) is 14.7. The van der Waals surface area contributed by atoms with Crippen molar-refractivity contribution in [1.82, 2.24) is 0 Å². The van der Waals surface area contributed by atoms with Gasteiger partial charge in [0, 0.05) is 26.3 Å². The summed E-state index contributed by atoms with van der Waals surface area (Å²) in [5.41, 5.74) is 4.71. The molecule has 0 fully saturated rings. The molecule has 0 aromatic heterocycles. The molecule has 0 heterocycles. The predicted octanol–water partition coefficient (Wildman–Crippen LogP) is 4.58. The van der Waals surface area contributed by atoms with E-state index in [9.17, 15) is 0 Å². The number of halogens is 1. The predicted molar refractivity (Wildman–Crippen MR) is 88.9 cm³/mol. The monoisotopic (exact) mass is 288 g/mol. The van der Waals surface area contributed by atoms with Crippen molar-refractivity contribution in [2.45, 2.75) is 19.9 Å². The van der Waals surface area contributed by atoms with Gasteiger partial charge < -0.3 is 10.2 Å². The molecular weight excluding hydrogens is 268 g/mol. The second-order valence-corrected chi connectivity index (χ2v) is 5.49. The highest BCUT2D eigenvalue weighted by Gasteiger charge is 2.03. The first-order valence-corrected chi connectivity index (χ1v) is 7.26. The third-order valence-corrected chi connectivity index (χ3v) is 3.66. The number of benzene rings is 2. The van der Waals surface area contributed by atoms with Crippen LogP contribution < -0.4 is 10.2 Å². The van der Waals surface area contributed by atoms with Crippen LogP contribution in [-0.2, 0) is 13.0 Å². The van der Waals surface area contributed by atoms with E-state index in [0.29, 0.717) is 0 Å². The van der Waals surface area contributed by atoms with Gasteiger partial charge in [-0.3, -0.25) is 0 Å². The average molecular weight is 289 g/mol. The molecule has 0 aliphatic rings. The molecule has 2 rings (SSSR count). The van der Waals surface area contributed by atoms with Gasteiger partial charge in [-0.05, 0) is 35.7 Å². The van der Waals surface area contributed by atoms with Crippen LogP contribution in [0.1, 0.15) is 18.1 Å². The minimum Gasteiger partial charge on any atom is -0.381 e. The lowest BCUT2D eigenvalue weighted by molar-refractivity contribution is 1.10. The van der Waals surface area contributed by atoms with Crippen LogP contribution in [-0.4, -0.2) is 14.1 Å². The molecule has 0 saturated heterocycles. The van der Waals surface area contributed by atoms with E-state index >= 15 is 0 Å². The molecule has 1 N–H and O–H groups in total. The molecule has 0 unspecified atom stereocenters. The highest BCUT2D eigenvalue weighted by molar-refractivity contribution is 6.33. The maximum atomic E-state index is 6.26. The minimum absolute atomic E-state index is 0.765. The van der Waals surface area contributed by atoms with Crippen LogP contribution in [0.4, 0.5) is 11.4 Å². The van der Waals surface area contributed by atoms with Crippen LogP contribution in [0.3, 0.4) is 0 Å². The van der Waals surface area contributed by atoms with Crippen LogP contribution in [0.5, 0.6) is 0 Å². The molecule has 0 radical (unpaired) electrons. The van der Waals surface area contributed by atoms with Crippen LogP contribution in [0.15, 0.2) is 42.5 Å². The van der Waals surface area contributed by atoms with Crippen molar-refractivity contribution in [3.05, 3.63) is 58.6 Å². The molecule has 20 heavy (non-hydrogen) atoms. The zero-order valence-corrected chi connectivity index (χ0v) is 13.0. The van der Waals surface area contributed by atoms with Crippen molar-refractivity contribution >= 4 is 23.0 Å². The number of nitrogens with one attached hydrogen (secondary N) is 1. The fourth-order valence-electron chi connectivity index (χ4n) is 2.08. The van der Waals surface area contributed by atoms with E-state index in [2.05, 4.69) is 42.6 Å². The fraction of sp³-hybridized carbons (Fsp3) is 0.294. The second-order valence-electron chi connectivity index (χ2n) is 5.08. The number of nitrogens with zero attached hydrogens (tertiary/aromatic N) is 1. The number of anilines is 2. The van der Waals surface area contributed by atoms with Gasteiger partial charge in [-0.25, -0.2) is 0 Å². The molecule has 0 aliphatic carbocycles. The molecule has 0 bridgehead atoms. The number of aryl methyl sites for hydroxylation is 1. The van der Waals surface area contributed by atoms with Gasteiger partial charge in [-0.15, -0.1) is 0 Å². The molecule has 0 saturated carbocycles. The van der Waals surface area contributed by atoms with Gasteiger partial charge in [0.2, 0.25) is 0 Å². The van der Waals surface area contributed by atoms with Gasteiger partial charge in [0.15, 0.2) is 0 Å². The molecule has 2 aromatic rings. The molecule has 2 aromatic carbocycles. The van der Waals surface area contributed by atoms with E-state index in [1.54, 1.807) is 0 Å². The van der Waals surface area contributed by atoms with Crippen molar-refractivity contribution in [3.8, 4) is 0 Å². The Morgan fingerprint density at radius 3 is 2.20 bits per heavy atom. The van der Waals surface area contributed by atoms with Gasteiger partial charge in [-0.1, -0.05) is 42.8 Å². The van der Waals surface area contributed by atoms with E-state index in [1.807, 2.05) is 31.1 Å². The SMILES string of the molecule is CCc1ccc(CNc2ccc(N(C)C)c(Cl)c2)cc1. The Kier molecular flexibility index (Phi) is 4.91. The third kappa shape index (κ3) is 3.67. The van der Waals surface area contributed by atoms with Crippen molar-refractivity contribution in [2.24, 2.45) is 0 Å². The van der Waals surface area contributed by atoms with Gasteiger partial charge in [0.1, 0.15) is 0 Å². The Balaban J connectivity index is 2.01. The smallest absolute Gasteiger partial charge is 0.0659 e. The third-order valence-electron chi connectivity index (χ3n) is 3.36. The lowest BCUT2D eigenvalue weighted by Crippen LogP contribution is -2.09. The minimum atomic E-state index is 0.765. The summed E-state index contributed by atoms with van der Waals surface area (Å²) in [5.74, 6) is 0. The van der Waals surface area contributed by atoms with Gasteiger partial charge in [0.05, 0.1) is 10.7 Å².